The van der Waals surface area contributed by atoms with Crippen molar-refractivity contribution in [3.63, 3.8) is 0 Å². The summed E-state index contributed by atoms with van der Waals surface area (Å²) in [4.78, 5) is 15.1. The summed E-state index contributed by atoms with van der Waals surface area (Å²) < 4.78 is 4.55. The lowest BCUT2D eigenvalue weighted by Gasteiger charge is -1.97. The number of hydrogen-bond acceptors (Lipinski definition) is 4. The molecule has 0 aliphatic heterocycles. The fourth-order valence-corrected chi connectivity index (χ4v) is 1.03. The van der Waals surface area contributed by atoms with E-state index in [0.29, 0.717) is 11.3 Å². The first-order chi connectivity index (χ1) is 7.27. The first kappa shape index (κ1) is 11.6. The molecule has 0 bridgehead atoms. The van der Waals surface area contributed by atoms with Crippen LogP contribution in [0.25, 0.3) is 0 Å². The molecule has 3 nitrogen and oxygen atoms in total. The van der Waals surface area contributed by atoms with Crippen molar-refractivity contribution in [1.29, 1.82) is 0 Å². The van der Waals surface area contributed by atoms with Crippen molar-refractivity contribution in [2.45, 2.75) is 6.42 Å². The molecule has 0 aliphatic carbocycles. The third kappa shape index (κ3) is 3.64. The van der Waals surface area contributed by atoms with Crippen LogP contribution >= 0.6 is 12.6 Å². The second kappa shape index (κ2) is 6.10. The van der Waals surface area contributed by atoms with Gasteiger partial charge >= 0.3 is 5.97 Å². The molecule has 78 valence electrons. The Morgan fingerprint density at radius 1 is 1.60 bits per heavy atom. The topological polar surface area (TPSA) is 39.2 Å². The Morgan fingerprint density at radius 2 is 2.40 bits per heavy atom. The summed E-state index contributed by atoms with van der Waals surface area (Å²) in [5.41, 5.74) is 1.07. The third-order valence-electron chi connectivity index (χ3n) is 1.64. The second-order valence-electron chi connectivity index (χ2n) is 2.70. The molecule has 0 saturated carbocycles. The van der Waals surface area contributed by atoms with E-state index in [-0.39, 0.29) is 0 Å². The van der Waals surface area contributed by atoms with E-state index in [4.69, 9.17) is 0 Å². The Bertz CT molecular complexity index is 389. The van der Waals surface area contributed by atoms with Gasteiger partial charge in [0.05, 0.1) is 12.7 Å². The highest BCUT2D eigenvalue weighted by molar-refractivity contribution is 7.80. The molecule has 0 saturated heterocycles. The van der Waals surface area contributed by atoms with Gasteiger partial charge in [0.25, 0.3) is 0 Å². The minimum absolute atomic E-state index is 0.391. The monoisotopic (exact) mass is 221 g/mol. The van der Waals surface area contributed by atoms with Crippen molar-refractivity contribution in [1.82, 2.24) is 4.98 Å². The largest absolute Gasteiger partial charge is 0.465 e. The van der Waals surface area contributed by atoms with Crippen LogP contribution in [0.3, 0.4) is 0 Å². The van der Waals surface area contributed by atoms with Gasteiger partial charge in [-0.25, -0.2) is 9.78 Å². The van der Waals surface area contributed by atoms with Crippen LogP contribution in [0.4, 0.5) is 0 Å². The van der Waals surface area contributed by atoms with E-state index in [1.165, 1.54) is 13.3 Å². The molecule has 0 amide bonds. The number of rotatable bonds is 2. The van der Waals surface area contributed by atoms with E-state index < -0.39 is 5.97 Å². The van der Waals surface area contributed by atoms with Crippen LogP contribution in [0.5, 0.6) is 0 Å². The lowest BCUT2D eigenvalue weighted by Crippen LogP contribution is -2.01. The minimum atomic E-state index is -0.391. The number of aromatic nitrogens is 1. The number of carbonyl (C=O) groups excluding carboxylic acids is 1. The molecule has 0 N–H and O–H groups in total. The van der Waals surface area contributed by atoms with Crippen LogP contribution in [0.15, 0.2) is 18.3 Å². The maximum atomic E-state index is 11.1. The number of carbonyl (C=O) groups is 1. The smallest absolute Gasteiger partial charge is 0.339 e. The second-order valence-corrected chi connectivity index (χ2v) is 3.15. The molecule has 1 aromatic heterocycles. The van der Waals surface area contributed by atoms with Gasteiger partial charge in [0, 0.05) is 18.4 Å². The SMILES string of the molecule is COC(=O)c1ccc(C#CCCS)nc1. The van der Waals surface area contributed by atoms with Gasteiger partial charge < -0.3 is 4.74 Å². The Hall–Kier alpha value is -1.47. The summed E-state index contributed by atoms with van der Waals surface area (Å²) in [5, 5.41) is 0. The summed E-state index contributed by atoms with van der Waals surface area (Å²) >= 11 is 4.04. The number of ether oxygens (including phenoxy) is 1. The Kier molecular flexibility index (Phi) is 4.72. The Labute approximate surface area is 94.3 Å². The minimum Gasteiger partial charge on any atom is -0.465 e. The van der Waals surface area contributed by atoms with Crippen LogP contribution in [0.1, 0.15) is 22.5 Å². The van der Waals surface area contributed by atoms with E-state index in [1.54, 1.807) is 12.1 Å². The number of methoxy groups -OCH3 is 1. The molecule has 0 aliphatic rings. The molecule has 4 heteroatoms. The van der Waals surface area contributed by atoms with Gasteiger partial charge in [-0.2, -0.15) is 12.6 Å². The molecule has 1 aromatic rings. The maximum absolute atomic E-state index is 11.1. The van der Waals surface area contributed by atoms with E-state index >= 15 is 0 Å². The molecule has 1 heterocycles. The van der Waals surface area contributed by atoms with Crippen molar-refractivity contribution < 1.29 is 9.53 Å². The highest BCUT2D eigenvalue weighted by Gasteiger charge is 2.03. The van der Waals surface area contributed by atoms with Crippen LogP contribution < -0.4 is 0 Å². The number of nitrogens with zero attached hydrogens (tertiary/aromatic N) is 1. The van der Waals surface area contributed by atoms with Gasteiger partial charge in [0.1, 0.15) is 5.69 Å². The fourth-order valence-electron chi connectivity index (χ4n) is 0.915. The van der Waals surface area contributed by atoms with Gasteiger partial charge in [-0.1, -0.05) is 5.92 Å². The Balaban J connectivity index is 2.73. The molecule has 0 radical (unpaired) electrons. The molecule has 0 fully saturated rings. The molecule has 1 rings (SSSR count). The number of esters is 1. The lowest BCUT2D eigenvalue weighted by molar-refractivity contribution is 0.0600. The Morgan fingerprint density at radius 3 is 2.93 bits per heavy atom. The average molecular weight is 221 g/mol. The molecule has 0 unspecified atom stereocenters. The van der Waals surface area contributed by atoms with Gasteiger partial charge in [0.2, 0.25) is 0 Å². The van der Waals surface area contributed by atoms with E-state index in [2.05, 4.69) is 34.2 Å². The average Bonchev–Trinajstić information content (AvgIpc) is 2.29. The molecule has 0 aromatic carbocycles. The van der Waals surface area contributed by atoms with Crippen molar-refractivity contribution in [2.24, 2.45) is 0 Å². The van der Waals surface area contributed by atoms with Crippen LogP contribution in [0, 0.1) is 11.8 Å². The van der Waals surface area contributed by atoms with Gasteiger partial charge in [-0.3, -0.25) is 0 Å². The zero-order valence-electron chi connectivity index (χ0n) is 8.36. The maximum Gasteiger partial charge on any atom is 0.339 e. The normalized spacial score (nSPS) is 8.93. The van der Waals surface area contributed by atoms with Gasteiger partial charge in [-0.05, 0) is 18.1 Å². The summed E-state index contributed by atoms with van der Waals surface area (Å²) in [6, 6.07) is 3.33. The first-order valence-corrected chi connectivity index (χ1v) is 5.05. The molecular formula is C11H11NO2S. The zero-order valence-corrected chi connectivity index (χ0v) is 9.25. The number of thiol groups is 1. The van der Waals surface area contributed by atoms with Crippen LogP contribution in [-0.4, -0.2) is 23.8 Å². The fraction of sp³-hybridized carbons (Fsp3) is 0.273. The van der Waals surface area contributed by atoms with Crippen molar-refractivity contribution in [2.75, 3.05) is 12.9 Å². The zero-order chi connectivity index (χ0) is 11.1. The predicted molar refractivity (Wildman–Crippen MR) is 60.9 cm³/mol. The van der Waals surface area contributed by atoms with E-state index in [9.17, 15) is 4.79 Å². The van der Waals surface area contributed by atoms with E-state index in [0.717, 1.165) is 12.2 Å². The number of pyridine rings is 1. The first-order valence-electron chi connectivity index (χ1n) is 4.42. The van der Waals surface area contributed by atoms with Crippen LogP contribution in [-0.2, 0) is 4.74 Å². The molecular weight excluding hydrogens is 210 g/mol. The molecule has 0 spiro atoms. The molecule has 0 atom stereocenters. The van der Waals surface area contributed by atoms with Crippen LogP contribution in [0.2, 0.25) is 0 Å². The summed E-state index contributed by atoms with van der Waals surface area (Å²) in [5.74, 6) is 6.11. The summed E-state index contributed by atoms with van der Waals surface area (Å²) in [6.07, 6.45) is 2.18. The summed E-state index contributed by atoms with van der Waals surface area (Å²) in [7, 11) is 1.34. The predicted octanol–water partition coefficient (Wildman–Crippen LogP) is 1.54. The van der Waals surface area contributed by atoms with Gasteiger partial charge in [0.15, 0.2) is 0 Å². The highest BCUT2D eigenvalue weighted by atomic mass is 32.1. The summed E-state index contributed by atoms with van der Waals surface area (Å²) in [6.45, 7) is 0. The van der Waals surface area contributed by atoms with Crippen molar-refractivity contribution in [3.05, 3.63) is 29.6 Å². The molecule has 15 heavy (non-hydrogen) atoms. The quantitative estimate of drug-likeness (QED) is 0.468. The van der Waals surface area contributed by atoms with E-state index in [1.807, 2.05) is 0 Å². The van der Waals surface area contributed by atoms with Crippen molar-refractivity contribution >= 4 is 18.6 Å². The highest BCUT2D eigenvalue weighted by Crippen LogP contribution is 2.00. The van der Waals surface area contributed by atoms with Crippen molar-refractivity contribution in [3.8, 4) is 11.8 Å². The lowest BCUT2D eigenvalue weighted by atomic mass is 10.2. The standard InChI is InChI=1S/C11H11NO2S/c1-14-11(13)9-5-6-10(12-8-9)4-2-3-7-15/h5-6,8,15H,3,7H2,1H3. The third-order valence-corrected chi connectivity index (χ3v) is 1.86. The van der Waals surface area contributed by atoms with Gasteiger partial charge in [-0.15, -0.1) is 0 Å². The number of hydrogen-bond donors (Lipinski definition) is 1.